The molecule has 0 unspecified atom stereocenters. The molecular formula is C23H28F3N3O4. The number of halogens is 3. The molecule has 0 spiro atoms. The van der Waals surface area contributed by atoms with E-state index in [2.05, 4.69) is 10.4 Å². The molecule has 5 rings (SSSR count). The average Bonchev–Trinajstić information content (AvgIpc) is 3.50. The number of rotatable bonds is 5. The van der Waals surface area contributed by atoms with E-state index in [0.717, 1.165) is 31.2 Å². The number of nitrogens with zero attached hydrogens (tertiary/aromatic N) is 2. The molecule has 2 aliphatic heterocycles. The van der Waals surface area contributed by atoms with Crippen LogP contribution in [-0.4, -0.2) is 48.2 Å². The maximum absolute atomic E-state index is 14.2. The number of aromatic nitrogens is 2. The summed E-state index contributed by atoms with van der Waals surface area (Å²) >= 11 is 0. The molecule has 3 aliphatic rings. The lowest BCUT2D eigenvalue weighted by Gasteiger charge is -2.21. The molecule has 2 fully saturated rings. The van der Waals surface area contributed by atoms with Crippen LogP contribution in [0.3, 0.4) is 0 Å². The van der Waals surface area contributed by atoms with Crippen molar-refractivity contribution in [1.82, 2.24) is 15.1 Å². The molecule has 2 atom stereocenters. The minimum Gasteiger partial charge on any atom is -0.455 e. The third kappa shape index (κ3) is 4.42. The second-order valence-electron chi connectivity index (χ2n) is 9.26. The Labute approximate surface area is 189 Å². The van der Waals surface area contributed by atoms with Gasteiger partial charge in [0.05, 0.1) is 17.4 Å². The Balaban J connectivity index is 1.48. The zero-order chi connectivity index (χ0) is 23.2. The molecule has 0 bridgehead atoms. The zero-order valence-electron chi connectivity index (χ0n) is 18.5. The Morgan fingerprint density at radius 1 is 1.24 bits per heavy atom. The summed E-state index contributed by atoms with van der Waals surface area (Å²) < 4.78 is 60.9. The number of ether oxygens (including phenoxy) is 2. The number of hydrogen-bond donors (Lipinski definition) is 1. The minimum absolute atomic E-state index is 0.0639. The summed E-state index contributed by atoms with van der Waals surface area (Å²) in [6, 6.07) is 0. The normalized spacial score (nSPS) is 23.4. The highest BCUT2D eigenvalue weighted by Crippen LogP contribution is 2.48. The van der Waals surface area contributed by atoms with Crippen LogP contribution in [0.25, 0.3) is 11.3 Å². The van der Waals surface area contributed by atoms with Gasteiger partial charge in [0.2, 0.25) is 5.76 Å². The van der Waals surface area contributed by atoms with Gasteiger partial charge in [-0.05, 0) is 37.5 Å². The third-order valence-corrected chi connectivity index (χ3v) is 6.82. The molecule has 10 heteroatoms. The van der Waals surface area contributed by atoms with Gasteiger partial charge < -0.3 is 19.2 Å². The van der Waals surface area contributed by atoms with Gasteiger partial charge >= 0.3 is 6.18 Å². The van der Waals surface area contributed by atoms with E-state index in [9.17, 15) is 18.0 Å². The molecule has 1 aliphatic carbocycles. The van der Waals surface area contributed by atoms with Crippen LogP contribution >= 0.6 is 0 Å². The van der Waals surface area contributed by atoms with E-state index in [1.54, 1.807) is 4.68 Å². The highest BCUT2D eigenvalue weighted by Gasteiger charge is 2.46. The van der Waals surface area contributed by atoms with Crippen molar-refractivity contribution in [3.8, 4) is 11.3 Å². The van der Waals surface area contributed by atoms with Crippen LogP contribution in [-0.2, 0) is 28.6 Å². The first-order valence-electron chi connectivity index (χ1n) is 11.6. The first-order valence-corrected chi connectivity index (χ1v) is 11.6. The summed E-state index contributed by atoms with van der Waals surface area (Å²) in [5, 5.41) is 7.12. The van der Waals surface area contributed by atoms with Gasteiger partial charge in [-0.25, -0.2) is 0 Å². The molecule has 4 heterocycles. The lowest BCUT2D eigenvalue weighted by Crippen LogP contribution is -2.32. The molecule has 1 N–H and O–H groups in total. The number of hydrogen-bond acceptors (Lipinski definition) is 5. The van der Waals surface area contributed by atoms with E-state index in [1.807, 2.05) is 13.1 Å². The van der Waals surface area contributed by atoms with Crippen LogP contribution in [0.5, 0.6) is 0 Å². The van der Waals surface area contributed by atoms with Crippen molar-refractivity contribution in [1.29, 1.82) is 0 Å². The molecule has 1 amide bonds. The fourth-order valence-corrected chi connectivity index (χ4v) is 5.06. The van der Waals surface area contributed by atoms with Gasteiger partial charge in [-0.2, -0.15) is 18.3 Å². The topological polar surface area (TPSA) is 78.5 Å². The highest BCUT2D eigenvalue weighted by molar-refractivity contribution is 5.96. The number of carbonyl (C=O) groups excluding carboxylic acids is 1. The number of fused-ring (bicyclic) bond motifs is 3. The van der Waals surface area contributed by atoms with Crippen molar-refractivity contribution in [3.05, 3.63) is 28.8 Å². The summed E-state index contributed by atoms with van der Waals surface area (Å²) in [6.45, 7) is 4.71. The van der Waals surface area contributed by atoms with Crippen LogP contribution in [0.4, 0.5) is 13.2 Å². The summed E-state index contributed by atoms with van der Waals surface area (Å²) in [6.07, 6.45) is 0.652. The number of furan rings is 1. The van der Waals surface area contributed by atoms with Gasteiger partial charge in [-0.15, -0.1) is 0 Å². The lowest BCUT2D eigenvalue weighted by molar-refractivity contribution is -0.137. The Morgan fingerprint density at radius 2 is 2.03 bits per heavy atom. The Morgan fingerprint density at radius 3 is 2.73 bits per heavy atom. The van der Waals surface area contributed by atoms with Gasteiger partial charge in [-0.3, -0.25) is 9.48 Å². The Hall–Kier alpha value is -2.33. The van der Waals surface area contributed by atoms with Crippen LogP contribution in [0.15, 0.2) is 10.6 Å². The third-order valence-electron chi connectivity index (χ3n) is 6.82. The average molecular weight is 467 g/mol. The van der Waals surface area contributed by atoms with Crippen molar-refractivity contribution < 1.29 is 31.9 Å². The predicted molar refractivity (Wildman–Crippen MR) is 112 cm³/mol. The molecule has 2 aromatic rings. The number of alkyl halides is 3. The molecule has 33 heavy (non-hydrogen) atoms. The van der Waals surface area contributed by atoms with Crippen LogP contribution in [0.1, 0.15) is 66.0 Å². The fraction of sp³-hybridized carbons (Fsp3) is 0.652. The van der Waals surface area contributed by atoms with Gasteiger partial charge in [-0.1, -0.05) is 6.92 Å². The van der Waals surface area contributed by atoms with E-state index in [4.69, 9.17) is 13.9 Å². The van der Waals surface area contributed by atoms with Gasteiger partial charge in [0.25, 0.3) is 5.91 Å². The molecular weight excluding hydrogens is 439 g/mol. The first-order chi connectivity index (χ1) is 15.8. The summed E-state index contributed by atoms with van der Waals surface area (Å²) in [4.78, 5) is 12.8. The van der Waals surface area contributed by atoms with E-state index in [0.29, 0.717) is 32.3 Å². The van der Waals surface area contributed by atoms with E-state index < -0.39 is 23.4 Å². The first kappa shape index (κ1) is 22.5. The number of carbonyl (C=O) groups is 1. The monoisotopic (exact) mass is 467 g/mol. The largest absolute Gasteiger partial charge is 0.455 e. The Bertz CT molecular complexity index is 1020. The SMILES string of the molecule is C[C@H]1Cc2oc(C(=O)NC[C@@H]3CCCO3)c(C(F)(F)F)c2-c2nn(CC3CCOCC3)cc21. The minimum atomic E-state index is -4.75. The molecule has 2 saturated heterocycles. The zero-order valence-corrected chi connectivity index (χ0v) is 18.5. The smallest absolute Gasteiger partial charge is 0.420 e. The second-order valence-corrected chi connectivity index (χ2v) is 9.26. The Kier molecular flexibility index (Phi) is 5.98. The fourth-order valence-electron chi connectivity index (χ4n) is 5.06. The van der Waals surface area contributed by atoms with Crippen molar-refractivity contribution >= 4 is 5.91 Å². The molecule has 0 radical (unpaired) electrons. The van der Waals surface area contributed by atoms with E-state index >= 15 is 0 Å². The molecule has 180 valence electrons. The van der Waals surface area contributed by atoms with E-state index in [1.165, 1.54) is 0 Å². The molecule has 0 aromatic carbocycles. The number of nitrogens with one attached hydrogen (secondary N) is 1. The van der Waals surface area contributed by atoms with Crippen LogP contribution in [0, 0.1) is 5.92 Å². The van der Waals surface area contributed by atoms with Crippen molar-refractivity contribution in [2.75, 3.05) is 26.4 Å². The molecule has 0 saturated carbocycles. The lowest BCUT2D eigenvalue weighted by atomic mass is 9.86. The van der Waals surface area contributed by atoms with Gasteiger partial charge in [0.15, 0.2) is 0 Å². The molecule has 7 nitrogen and oxygen atoms in total. The summed E-state index contributed by atoms with van der Waals surface area (Å²) in [7, 11) is 0. The van der Waals surface area contributed by atoms with Gasteiger partial charge in [0.1, 0.15) is 11.3 Å². The number of amides is 1. The predicted octanol–water partition coefficient (Wildman–Crippen LogP) is 4.16. The maximum atomic E-state index is 14.2. The quantitative estimate of drug-likeness (QED) is 0.715. The maximum Gasteiger partial charge on any atom is 0.420 e. The highest BCUT2D eigenvalue weighted by atomic mass is 19.4. The summed E-state index contributed by atoms with van der Waals surface area (Å²) in [5.74, 6) is -1.08. The van der Waals surface area contributed by atoms with E-state index in [-0.39, 0.29) is 42.0 Å². The second kappa shape index (κ2) is 8.79. The summed E-state index contributed by atoms with van der Waals surface area (Å²) in [5.41, 5.74) is -0.104. The van der Waals surface area contributed by atoms with Crippen LogP contribution in [0.2, 0.25) is 0 Å². The van der Waals surface area contributed by atoms with Crippen molar-refractivity contribution in [2.24, 2.45) is 5.92 Å². The molecule has 2 aromatic heterocycles. The van der Waals surface area contributed by atoms with Crippen molar-refractivity contribution in [3.63, 3.8) is 0 Å². The van der Waals surface area contributed by atoms with Crippen LogP contribution < -0.4 is 5.32 Å². The van der Waals surface area contributed by atoms with Gasteiger partial charge in [0, 0.05) is 51.1 Å². The standard InChI is InChI=1S/C23H28F3N3O4/c1-13-9-17-18(20-16(13)12-29(28-20)11-14-4-7-31-8-5-14)19(23(24,25)26)21(33-17)22(30)27-10-15-3-2-6-32-15/h12-15H,2-11H2,1H3,(H,27,30)/t13-,15-/m0/s1. The van der Waals surface area contributed by atoms with Crippen molar-refractivity contribution in [2.45, 2.75) is 63.8 Å².